The zero-order valence-electron chi connectivity index (χ0n) is 10.5. The summed E-state index contributed by atoms with van der Waals surface area (Å²) < 4.78 is 5.48. The Morgan fingerprint density at radius 3 is 2.81 bits per heavy atom. The molecule has 92 valence electrons. The number of hydrogen-bond donors (Lipinski definition) is 1. The monoisotopic (exact) mass is 241 g/mol. The van der Waals surface area contributed by atoms with E-state index < -0.39 is 0 Å². The first-order valence-corrected chi connectivity index (χ1v) is 7.21. The van der Waals surface area contributed by atoms with E-state index in [1.165, 1.54) is 6.42 Å². The molecule has 1 aromatic heterocycles. The average molecular weight is 241 g/mol. The van der Waals surface area contributed by atoms with Crippen molar-refractivity contribution in [2.45, 2.75) is 44.9 Å². The van der Waals surface area contributed by atoms with Gasteiger partial charge in [0.15, 0.2) is 0 Å². The zero-order chi connectivity index (χ0) is 11.8. The second kappa shape index (κ2) is 7.80. The average Bonchev–Trinajstić information content (AvgIpc) is 2.82. The van der Waals surface area contributed by atoms with Gasteiger partial charge in [0.25, 0.3) is 0 Å². The van der Waals surface area contributed by atoms with Crippen LogP contribution >= 0.6 is 11.8 Å². The van der Waals surface area contributed by atoms with E-state index in [0.717, 1.165) is 29.7 Å². The molecule has 0 saturated heterocycles. The summed E-state index contributed by atoms with van der Waals surface area (Å²) >= 11 is 2.01. The Morgan fingerprint density at radius 1 is 1.44 bits per heavy atom. The van der Waals surface area contributed by atoms with Crippen LogP contribution in [0.5, 0.6) is 0 Å². The lowest BCUT2D eigenvalue weighted by Gasteiger charge is -2.17. The van der Waals surface area contributed by atoms with Gasteiger partial charge >= 0.3 is 0 Å². The van der Waals surface area contributed by atoms with Crippen molar-refractivity contribution in [3.05, 3.63) is 24.2 Å². The fraction of sp³-hybridized carbons (Fsp3) is 0.692. The molecule has 1 heterocycles. The molecule has 0 spiro atoms. The van der Waals surface area contributed by atoms with Crippen LogP contribution in [-0.4, -0.2) is 17.5 Å². The van der Waals surface area contributed by atoms with E-state index in [-0.39, 0.29) is 0 Å². The largest absolute Gasteiger partial charge is 0.468 e. The smallest absolute Gasteiger partial charge is 0.121 e. The van der Waals surface area contributed by atoms with E-state index in [9.17, 15) is 0 Å². The Morgan fingerprint density at radius 2 is 2.25 bits per heavy atom. The van der Waals surface area contributed by atoms with Crippen LogP contribution in [0, 0.1) is 0 Å². The van der Waals surface area contributed by atoms with Gasteiger partial charge in [-0.2, -0.15) is 11.8 Å². The summed E-state index contributed by atoms with van der Waals surface area (Å²) in [6.07, 6.45) is 4.14. The highest BCUT2D eigenvalue weighted by atomic mass is 32.2. The number of nitrogens with one attached hydrogen (secondary N) is 1. The lowest BCUT2D eigenvalue weighted by atomic mass is 10.2. The molecular formula is C13H23NOS. The summed E-state index contributed by atoms with van der Waals surface area (Å²) in [7, 11) is 0. The highest BCUT2D eigenvalue weighted by Gasteiger charge is 2.14. The molecule has 1 N–H and O–H groups in total. The number of thioether (sulfide) groups is 1. The van der Waals surface area contributed by atoms with Crippen LogP contribution in [0.4, 0.5) is 0 Å². The predicted octanol–water partition coefficient (Wildman–Crippen LogP) is 3.85. The van der Waals surface area contributed by atoms with Crippen LogP contribution in [0.2, 0.25) is 0 Å². The van der Waals surface area contributed by atoms with Crippen molar-refractivity contribution in [1.29, 1.82) is 0 Å². The number of furan rings is 1. The normalized spacial score (nSPS) is 14.9. The molecule has 2 unspecified atom stereocenters. The van der Waals surface area contributed by atoms with E-state index >= 15 is 0 Å². The number of rotatable bonds is 8. The van der Waals surface area contributed by atoms with E-state index in [1.54, 1.807) is 6.26 Å². The third kappa shape index (κ3) is 4.62. The van der Waals surface area contributed by atoms with Crippen molar-refractivity contribution in [3.63, 3.8) is 0 Å². The van der Waals surface area contributed by atoms with Crippen LogP contribution in [0.25, 0.3) is 0 Å². The first-order chi connectivity index (χ1) is 7.77. The fourth-order valence-corrected chi connectivity index (χ4v) is 2.47. The lowest BCUT2D eigenvalue weighted by Crippen LogP contribution is -2.24. The molecule has 3 heteroatoms. The molecule has 0 aliphatic carbocycles. The summed E-state index contributed by atoms with van der Waals surface area (Å²) in [5.41, 5.74) is 0. The topological polar surface area (TPSA) is 25.2 Å². The molecule has 0 amide bonds. The predicted molar refractivity (Wildman–Crippen MR) is 72.0 cm³/mol. The molecule has 0 saturated carbocycles. The van der Waals surface area contributed by atoms with Crippen LogP contribution < -0.4 is 5.32 Å². The number of hydrogen-bond acceptors (Lipinski definition) is 3. The standard InChI is InChI=1S/C13H23NOS/c1-4-8-14-12(10-16-11(3)5-2)13-7-6-9-15-13/h6-7,9,11-12,14H,4-5,8,10H2,1-3H3. The third-order valence-electron chi connectivity index (χ3n) is 2.65. The highest BCUT2D eigenvalue weighted by molar-refractivity contribution is 7.99. The maximum absolute atomic E-state index is 5.48. The van der Waals surface area contributed by atoms with Gasteiger partial charge in [-0.3, -0.25) is 0 Å². The minimum Gasteiger partial charge on any atom is -0.468 e. The summed E-state index contributed by atoms with van der Waals surface area (Å²) in [5, 5.41) is 4.26. The van der Waals surface area contributed by atoms with Gasteiger partial charge in [0.05, 0.1) is 12.3 Å². The Kier molecular flexibility index (Phi) is 6.65. The lowest BCUT2D eigenvalue weighted by molar-refractivity contribution is 0.435. The van der Waals surface area contributed by atoms with Crippen molar-refractivity contribution in [1.82, 2.24) is 5.32 Å². The molecule has 0 fully saturated rings. The van der Waals surface area contributed by atoms with Crippen LogP contribution in [-0.2, 0) is 0 Å². The fourth-order valence-electron chi connectivity index (χ4n) is 1.43. The Hall–Kier alpha value is -0.410. The van der Waals surface area contributed by atoms with Gasteiger partial charge < -0.3 is 9.73 Å². The Bertz CT molecular complexity index is 261. The third-order valence-corrected chi connectivity index (χ3v) is 4.08. The van der Waals surface area contributed by atoms with Crippen LogP contribution in [0.15, 0.2) is 22.8 Å². The summed E-state index contributed by atoms with van der Waals surface area (Å²) in [5.74, 6) is 2.15. The summed E-state index contributed by atoms with van der Waals surface area (Å²) in [4.78, 5) is 0. The van der Waals surface area contributed by atoms with Crippen molar-refractivity contribution < 1.29 is 4.42 Å². The van der Waals surface area contributed by atoms with Crippen molar-refractivity contribution in [2.75, 3.05) is 12.3 Å². The van der Waals surface area contributed by atoms with Crippen LogP contribution in [0.1, 0.15) is 45.4 Å². The van der Waals surface area contributed by atoms with Gasteiger partial charge in [0.1, 0.15) is 5.76 Å². The molecule has 0 radical (unpaired) electrons. The molecule has 1 rings (SSSR count). The first-order valence-electron chi connectivity index (χ1n) is 6.16. The molecule has 2 nitrogen and oxygen atoms in total. The van der Waals surface area contributed by atoms with Gasteiger partial charge in [0, 0.05) is 11.0 Å². The van der Waals surface area contributed by atoms with Gasteiger partial charge in [-0.05, 0) is 31.5 Å². The molecule has 0 aromatic carbocycles. The van der Waals surface area contributed by atoms with E-state index in [0.29, 0.717) is 6.04 Å². The molecule has 0 aliphatic rings. The van der Waals surface area contributed by atoms with Crippen molar-refractivity contribution >= 4 is 11.8 Å². The van der Waals surface area contributed by atoms with E-state index in [1.807, 2.05) is 17.8 Å². The Balaban J connectivity index is 2.44. The molecular weight excluding hydrogens is 218 g/mol. The second-order valence-electron chi connectivity index (χ2n) is 4.07. The quantitative estimate of drug-likeness (QED) is 0.748. The molecule has 2 atom stereocenters. The molecule has 0 aliphatic heterocycles. The van der Waals surface area contributed by atoms with Gasteiger partial charge in [-0.1, -0.05) is 20.8 Å². The molecule has 0 bridgehead atoms. The maximum Gasteiger partial charge on any atom is 0.121 e. The van der Waals surface area contributed by atoms with Gasteiger partial charge in [-0.15, -0.1) is 0 Å². The van der Waals surface area contributed by atoms with Gasteiger partial charge in [0.2, 0.25) is 0 Å². The molecule has 1 aromatic rings. The second-order valence-corrected chi connectivity index (χ2v) is 5.55. The van der Waals surface area contributed by atoms with E-state index in [2.05, 4.69) is 32.2 Å². The zero-order valence-corrected chi connectivity index (χ0v) is 11.3. The molecule has 16 heavy (non-hydrogen) atoms. The Labute approximate surface area is 103 Å². The first kappa shape index (κ1) is 13.7. The summed E-state index contributed by atoms with van der Waals surface area (Å²) in [6, 6.07) is 4.38. The SMILES string of the molecule is CCCNC(CSC(C)CC)c1ccco1. The van der Waals surface area contributed by atoms with Gasteiger partial charge in [-0.25, -0.2) is 0 Å². The minimum absolute atomic E-state index is 0.356. The summed E-state index contributed by atoms with van der Waals surface area (Å²) in [6.45, 7) is 7.75. The van der Waals surface area contributed by atoms with Crippen molar-refractivity contribution in [3.8, 4) is 0 Å². The van der Waals surface area contributed by atoms with E-state index in [4.69, 9.17) is 4.42 Å². The highest BCUT2D eigenvalue weighted by Crippen LogP contribution is 2.23. The van der Waals surface area contributed by atoms with Crippen molar-refractivity contribution in [2.24, 2.45) is 0 Å². The maximum atomic E-state index is 5.48. The minimum atomic E-state index is 0.356. The van der Waals surface area contributed by atoms with Crippen LogP contribution in [0.3, 0.4) is 0 Å².